The Bertz CT molecular complexity index is 196. The Balaban J connectivity index is 2.94. The van der Waals surface area contributed by atoms with Crippen molar-refractivity contribution < 1.29 is 0 Å². The van der Waals surface area contributed by atoms with Gasteiger partial charge in [-0.2, -0.15) is 0 Å². The number of nitrogens with zero attached hydrogens (tertiary/aromatic N) is 1. The van der Waals surface area contributed by atoms with Gasteiger partial charge in [-0.1, -0.05) is 0 Å². The largest absolute Gasteiger partial charge is 0.326 e. The van der Waals surface area contributed by atoms with Gasteiger partial charge in [-0.3, -0.25) is 4.98 Å². The smallest absolute Gasteiger partial charge is 0.0410 e. The minimum atomic E-state index is 0.561. The van der Waals surface area contributed by atoms with Crippen molar-refractivity contribution in [3.05, 3.63) is 36.5 Å². The number of hydrogen-bond donors (Lipinski definition) is 1. The topological polar surface area (TPSA) is 38.9 Å². The maximum atomic E-state index is 5.36. The molecule has 47 valence electrons. The molecule has 0 saturated carbocycles. The molecule has 0 atom stereocenters. The summed E-state index contributed by atoms with van der Waals surface area (Å²) in [5.41, 5.74) is 7.22. The molecule has 2 N–H and O–H groups in total. The Morgan fingerprint density at radius 2 is 2.44 bits per heavy atom. The third kappa shape index (κ3) is 1.50. The van der Waals surface area contributed by atoms with Crippen molar-refractivity contribution in [1.29, 1.82) is 0 Å². The first-order chi connectivity index (χ1) is 4.33. The van der Waals surface area contributed by atoms with Crippen LogP contribution >= 0.6 is 0 Å². The summed E-state index contributed by atoms with van der Waals surface area (Å²) in [6, 6.07) is 3.76. The molecule has 0 bridgehead atoms. The maximum absolute atomic E-state index is 5.36. The number of rotatable bonds is 1. The highest BCUT2D eigenvalue weighted by Gasteiger charge is 1.87. The van der Waals surface area contributed by atoms with Crippen LogP contribution in [0.15, 0.2) is 18.3 Å². The molecule has 0 spiro atoms. The van der Waals surface area contributed by atoms with Crippen molar-refractivity contribution in [2.75, 3.05) is 0 Å². The molecule has 0 aliphatic heterocycles. The summed E-state index contributed by atoms with van der Waals surface area (Å²) in [6.45, 7) is 4.22. The lowest BCUT2D eigenvalue weighted by Gasteiger charge is -1.94. The Labute approximate surface area is 54.7 Å². The van der Waals surface area contributed by atoms with Crippen LogP contribution in [0.3, 0.4) is 0 Å². The molecule has 2 nitrogen and oxygen atoms in total. The van der Waals surface area contributed by atoms with E-state index in [9.17, 15) is 0 Å². The van der Waals surface area contributed by atoms with Gasteiger partial charge in [0.1, 0.15) is 0 Å². The highest BCUT2D eigenvalue weighted by Crippen LogP contribution is 1.97. The third-order valence-corrected chi connectivity index (χ3v) is 1.12. The Kier molecular flexibility index (Phi) is 1.80. The van der Waals surface area contributed by atoms with Gasteiger partial charge in [0.05, 0.1) is 0 Å². The van der Waals surface area contributed by atoms with Gasteiger partial charge in [-0.15, -0.1) is 0 Å². The van der Waals surface area contributed by atoms with E-state index in [1.165, 1.54) is 0 Å². The second-order valence-electron chi connectivity index (χ2n) is 1.86. The van der Waals surface area contributed by atoms with Gasteiger partial charge in [0, 0.05) is 18.4 Å². The van der Waals surface area contributed by atoms with Gasteiger partial charge in [-0.25, -0.2) is 0 Å². The highest BCUT2D eigenvalue weighted by atomic mass is 14.7. The maximum Gasteiger partial charge on any atom is 0.0410 e. The zero-order chi connectivity index (χ0) is 6.69. The first-order valence-corrected chi connectivity index (χ1v) is 2.80. The second-order valence-corrected chi connectivity index (χ2v) is 1.86. The lowest BCUT2D eigenvalue weighted by Crippen LogP contribution is -1.96. The van der Waals surface area contributed by atoms with E-state index in [4.69, 9.17) is 5.73 Å². The number of aromatic nitrogens is 1. The summed E-state index contributed by atoms with van der Waals surface area (Å²) >= 11 is 0. The molecule has 0 aliphatic carbocycles. The fraction of sp³-hybridized carbons (Fsp3) is 0.143. The summed E-state index contributed by atoms with van der Waals surface area (Å²) in [5, 5.41) is 0. The minimum absolute atomic E-state index is 0.561. The zero-order valence-electron chi connectivity index (χ0n) is 5.17. The van der Waals surface area contributed by atoms with Crippen LogP contribution in [0.25, 0.3) is 0 Å². The molecular weight excluding hydrogens is 112 g/mol. The van der Waals surface area contributed by atoms with Gasteiger partial charge in [0.25, 0.3) is 0 Å². The van der Waals surface area contributed by atoms with Gasteiger partial charge in [0.2, 0.25) is 0 Å². The summed E-state index contributed by atoms with van der Waals surface area (Å²) in [6.07, 6.45) is 1.71. The summed E-state index contributed by atoms with van der Waals surface area (Å²) in [5.74, 6) is 0. The van der Waals surface area contributed by atoms with Crippen LogP contribution in [0, 0.1) is 6.92 Å². The molecular formula is C7H9N2. The first-order valence-electron chi connectivity index (χ1n) is 2.80. The standard InChI is InChI=1S/C7H9N2/c1-6-4-7(5-8)2-3-9-6/h2-4H,1,5,8H2. The average Bonchev–Trinajstić information content (AvgIpc) is 1.88. The molecule has 1 rings (SSSR count). The molecule has 0 fully saturated rings. The fourth-order valence-corrected chi connectivity index (χ4v) is 0.655. The van der Waals surface area contributed by atoms with Crippen molar-refractivity contribution in [3.63, 3.8) is 0 Å². The van der Waals surface area contributed by atoms with Crippen molar-refractivity contribution in [2.45, 2.75) is 6.54 Å². The van der Waals surface area contributed by atoms with E-state index in [2.05, 4.69) is 11.9 Å². The van der Waals surface area contributed by atoms with Crippen LogP contribution in [-0.2, 0) is 6.54 Å². The number of pyridine rings is 1. The highest BCUT2D eigenvalue weighted by molar-refractivity contribution is 5.17. The van der Waals surface area contributed by atoms with E-state index in [0.29, 0.717) is 6.54 Å². The van der Waals surface area contributed by atoms with E-state index in [1.54, 1.807) is 6.20 Å². The van der Waals surface area contributed by atoms with Gasteiger partial charge in [-0.05, 0) is 24.6 Å². The van der Waals surface area contributed by atoms with Crippen molar-refractivity contribution in [3.8, 4) is 0 Å². The molecule has 0 aliphatic rings. The van der Waals surface area contributed by atoms with Crippen molar-refractivity contribution in [2.24, 2.45) is 5.73 Å². The van der Waals surface area contributed by atoms with Crippen LogP contribution < -0.4 is 5.73 Å². The molecule has 1 aromatic heterocycles. The number of nitrogens with two attached hydrogens (primary N) is 1. The Morgan fingerprint density at radius 1 is 1.67 bits per heavy atom. The monoisotopic (exact) mass is 121 g/mol. The van der Waals surface area contributed by atoms with E-state index in [1.807, 2.05) is 12.1 Å². The van der Waals surface area contributed by atoms with Crippen LogP contribution in [0.1, 0.15) is 11.3 Å². The predicted octanol–water partition coefficient (Wildman–Crippen LogP) is 0.722. The normalized spacial score (nSPS) is 9.56. The molecule has 0 unspecified atom stereocenters. The van der Waals surface area contributed by atoms with Crippen LogP contribution in [0.2, 0.25) is 0 Å². The summed E-state index contributed by atoms with van der Waals surface area (Å²) < 4.78 is 0. The third-order valence-electron chi connectivity index (χ3n) is 1.12. The number of hydrogen-bond acceptors (Lipinski definition) is 2. The van der Waals surface area contributed by atoms with E-state index in [0.717, 1.165) is 11.3 Å². The van der Waals surface area contributed by atoms with Crippen LogP contribution in [-0.4, -0.2) is 4.98 Å². The molecule has 0 saturated heterocycles. The molecule has 1 heterocycles. The first kappa shape index (κ1) is 6.23. The fourth-order valence-electron chi connectivity index (χ4n) is 0.655. The molecule has 9 heavy (non-hydrogen) atoms. The minimum Gasteiger partial charge on any atom is -0.326 e. The van der Waals surface area contributed by atoms with Crippen LogP contribution in [0.5, 0.6) is 0 Å². The quantitative estimate of drug-likeness (QED) is 0.594. The lowest BCUT2D eigenvalue weighted by molar-refractivity contribution is 1.05. The summed E-state index contributed by atoms with van der Waals surface area (Å²) in [4.78, 5) is 3.92. The van der Waals surface area contributed by atoms with E-state index < -0.39 is 0 Å². The second kappa shape index (κ2) is 2.60. The molecule has 1 aromatic rings. The Morgan fingerprint density at radius 3 is 2.89 bits per heavy atom. The lowest BCUT2D eigenvalue weighted by atomic mass is 10.2. The van der Waals surface area contributed by atoms with E-state index >= 15 is 0 Å². The SMILES string of the molecule is [CH2]c1cc(CN)ccn1. The van der Waals surface area contributed by atoms with Crippen molar-refractivity contribution >= 4 is 0 Å². The van der Waals surface area contributed by atoms with Gasteiger partial charge >= 0.3 is 0 Å². The van der Waals surface area contributed by atoms with Gasteiger partial charge < -0.3 is 5.73 Å². The zero-order valence-corrected chi connectivity index (χ0v) is 5.17. The predicted molar refractivity (Wildman–Crippen MR) is 36.6 cm³/mol. The summed E-state index contributed by atoms with van der Waals surface area (Å²) in [7, 11) is 0. The molecule has 1 radical (unpaired) electrons. The van der Waals surface area contributed by atoms with Crippen molar-refractivity contribution in [1.82, 2.24) is 4.98 Å². The molecule has 0 aromatic carbocycles. The average molecular weight is 121 g/mol. The molecule has 0 amide bonds. The molecule has 2 heteroatoms. The van der Waals surface area contributed by atoms with Gasteiger partial charge in [0.15, 0.2) is 0 Å². The Hall–Kier alpha value is -0.890. The van der Waals surface area contributed by atoms with E-state index in [-0.39, 0.29) is 0 Å². The van der Waals surface area contributed by atoms with Crippen LogP contribution in [0.4, 0.5) is 0 Å².